The van der Waals surface area contributed by atoms with E-state index in [1.54, 1.807) is 0 Å². The first kappa shape index (κ1) is 15.2. The first-order chi connectivity index (χ1) is 8.33. The smallest absolute Gasteiger partial charge is 0.192 e. The summed E-state index contributed by atoms with van der Waals surface area (Å²) in [7, 11) is -1.23. The highest BCUT2D eigenvalue weighted by Gasteiger charge is 2.34. The topological polar surface area (TPSA) is 9.23 Å². The van der Waals surface area contributed by atoms with E-state index in [0.717, 1.165) is 6.61 Å². The molecule has 0 N–H and O–H groups in total. The molecule has 0 unspecified atom stereocenters. The van der Waals surface area contributed by atoms with Crippen LogP contribution in [0.1, 0.15) is 71.6 Å². The number of rotatable bonds is 9. The Bertz CT molecular complexity index is 176. The molecule has 0 amide bonds. The van der Waals surface area contributed by atoms with Gasteiger partial charge in [0.05, 0.1) is 0 Å². The van der Waals surface area contributed by atoms with E-state index in [4.69, 9.17) is 4.43 Å². The van der Waals surface area contributed by atoms with Crippen molar-refractivity contribution in [3.63, 3.8) is 0 Å². The normalized spacial score (nSPS) is 19.4. The zero-order valence-electron chi connectivity index (χ0n) is 12.1. The van der Waals surface area contributed by atoms with Gasteiger partial charge in [0, 0.05) is 6.61 Å². The minimum atomic E-state index is -1.23. The lowest BCUT2D eigenvalue weighted by Crippen LogP contribution is -2.39. The second-order valence-electron chi connectivity index (χ2n) is 5.71. The summed E-state index contributed by atoms with van der Waals surface area (Å²) in [6, 6.07) is 4.24. The van der Waals surface area contributed by atoms with Gasteiger partial charge in [-0.2, -0.15) is 0 Å². The second kappa shape index (κ2) is 9.15. The largest absolute Gasteiger partial charge is 0.417 e. The molecule has 1 rings (SSSR count). The minimum Gasteiger partial charge on any atom is -0.417 e. The van der Waals surface area contributed by atoms with Crippen LogP contribution in [0.25, 0.3) is 0 Å². The van der Waals surface area contributed by atoms with Crippen molar-refractivity contribution in [3.05, 3.63) is 0 Å². The highest BCUT2D eigenvalue weighted by Crippen LogP contribution is 2.32. The Labute approximate surface area is 109 Å². The summed E-state index contributed by atoms with van der Waals surface area (Å²) >= 11 is 0. The van der Waals surface area contributed by atoms with Crippen LogP contribution in [0.4, 0.5) is 0 Å². The predicted molar refractivity (Wildman–Crippen MR) is 79.0 cm³/mol. The third kappa shape index (κ3) is 6.05. The van der Waals surface area contributed by atoms with Gasteiger partial charge in [-0.1, -0.05) is 65.2 Å². The molecule has 1 aliphatic rings. The van der Waals surface area contributed by atoms with Gasteiger partial charge in [0.2, 0.25) is 0 Å². The molecule has 0 atom stereocenters. The summed E-state index contributed by atoms with van der Waals surface area (Å²) in [5.74, 6) is 0. The SMILES string of the molecule is CCCCCCCCO[Si]1(CC)CCCCC1. The molecule has 1 nitrogen and oxygen atoms in total. The van der Waals surface area contributed by atoms with Crippen molar-refractivity contribution in [2.75, 3.05) is 6.61 Å². The Balaban J connectivity index is 2.03. The first-order valence-corrected chi connectivity index (χ1v) is 10.5. The van der Waals surface area contributed by atoms with Gasteiger partial charge in [-0.25, -0.2) is 0 Å². The zero-order valence-corrected chi connectivity index (χ0v) is 13.1. The van der Waals surface area contributed by atoms with E-state index in [9.17, 15) is 0 Å². The maximum absolute atomic E-state index is 6.37. The van der Waals surface area contributed by atoms with Crippen molar-refractivity contribution in [2.45, 2.75) is 89.8 Å². The monoisotopic (exact) mass is 256 g/mol. The Morgan fingerprint density at radius 1 is 0.824 bits per heavy atom. The van der Waals surface area contributed by atoms with Gasteiger partial charge >= 0.3 is 0 Å². The second-order valence-corrected chi connectivity index (χ2v) is 10.1. The molecule has 102 valence electrons. The van der Waals surface area contributed by atoms with E-state index >= 15 is 0 Å². The number of hydrogen-bond acceptors (Lipinski definition) is 1. The molecule has 17 heavy (non-hydrogen) atoms. The van der Waals surface area contributed by atoms with Crippen molar-refractivity contribution >= 4 is 8.32 Å². The van der Waals surface area contributed by atoms with Crippen LogP contribution in [0.15, 0.2) is 0 Å². The van der Waals surface area contributed by atoms with Crippen LogP contribution < -0.4 is 0 Å². The van der Waals surface area contributed by atoms with Crippen LogP contribution in [0, 0.1) is 0 Å². The predicted octanol–water partition coefficient (Wildman–Crippen LogP) is 5.51. The summed E-state index contributed by atoms with van der Waals surface area (Å²) in [6.07, 6.45) is 12.6. The summed E-state index contributed by atoms with van der Waals surface area (Å²) in [5, 5.41) is 0. The molecule has 0 aromatic heterocycles. The van der Waals surface area contributed by atoms with Crippen LogP contribution in [0.3, 0.4) is 0 Å². The van der Waals surface area contributed by atoms with Gasteiger partial charge in [-0.15, -0.1) is 0 Å². The maximum Gasteiger partial charge on any atom is 0.192 e. The Morgan fingerprint density at radius 3 is 2.12 bits per heavy atom. The summed E-state index contributed by atoms with van der Waals surface area (Å²) < 4.78 is 6.37. The average Bonchev–Trinajstić information content (AvgIpc) is 2.39. The van der Waals surface area contributed by atoms with Crippen LogP contribution in [0.5, 0.6) is 0 Å². The van der Waals surface area contributed by atoms with Crippen LogP contribution >= 0.6 is 0 Å². The molecule has 0 radical (unpaired) electrons. The van der Waals surface area contributed by atoms with Gasteiger partial charge in [-0.3, -0.25) is 0 Å². The number of hydrogen-bond donors (Lipinski definition) is 0. The van der Waals surface area contributed by atoms with E-state index in [-0.39, 0.29) is 0 Å². The average molecular weight is 257 g/mol. The van der Waals surface area contributed by atoms with Crippen LogP contribution in [0.2, 0.25) is 18.1 Å². The fraction of sp³-hybridized carbons (Fsp3) is 1.00. The van der Waals surface area contributed by atoms with E-state index in [1.807, 2.05) is 0 Å². The van der Waals surface area contributed by atoms with E-state index in [1.165, 1.54) is 75.9 Å². The molecule has 0 bridgehead atoms. The summed E-state index contributed by atoms with van der Waals surface area (Å²) in [4.78, 5) is 0. The molecular formula is C15H32OSi. The van der Waals surface area contributed by atoms with Crippen molar-refractivity contribution < 1.29 is 4.43 Å². The van der Waals surface area contributed by atoms with Gasteiger partial charge in [0.15, 0.2) is 8.32 Å². The van der Waals surface area contributed by atoms with Crippen molar-refractivity contribution in [1.29, 1.82) is 0 Å². The standard InChI is InChI=1S/C15H32OSi/c1-3-5-6-7-8-10-13-16-17(4-2)14-11-9-12-15-17/h3-15H2,1-2H3. The molecular weight excluding hydrogens is 224 g/mol. The molecule has 0 aromatic rings. The van der Waals surface area contributed by atoms with Gasteiger partial charge < -0.3 is 4.43 Å². The molecule has 0 spiro atoms. The molecule has 0 aromatic carbocycles. The van der Waals surface area contributed by atoms with E-state index in [2.05, 4.69) is 13.8 Å². The van der Waals surface area contributed by atoms with Crippen LogP contribution in [-0.4, -0.2) is 14.9 Å². The molecule has 1 heterocycles. The zero-order chi connectivity index (χ0) is 12.4. The Morgan fingerprint density at radius 2 is 1.47 bits per heavy atom. The fourth-order valence-electron chi connectivity index (χ4n) is 2.97. The summed E-state index contributed by atoms with van der Waals surface area (Å²) in [6.45, 7) is 5.70. The van der Waals surface area contributed by atoms with E-state index in [0.29, 0.717) is 0 Å². The molecule has 1 fully saturated rings. The van der Waals surface area contributed by atoms with Crippen LogP contribution in [-0.2, 0) is 4.43 Å². The lowest BCUT2D eigenvalue weighted by atomic mass is 10.1. The third-order valence-corrected chi connectivity index (χ3v) is 8.95. The fourth-order valence-corrected chi connectivity index (χ4v) is 6.78. The quantitative estimate of drug-likeness (QED) is 0.390. The maximum atomic E-state index is 6.37. The Hall–Kier alpha value is 0.177. The van der Waals surface area contributed by atoms with Crippen molar-refractivity contribution in [3.8, 4) is 0 Å². The molecule has 1 saturated heterocycles. The third-order valence-electron chi connectivity index (χ3n) is 4.32. The first-order valence-electron chi connectivity index (χ1n) is 7.97. The Kier molecular flexibility index (Phi) is 8.20. The molecule has 0 saturated carbocycles. The lowest BCUT2D eigenvalue weighted by molar-refractivity contribution is 0.279. The van der Waals surface area contributed by atoms with Crippen molar-refractivity contribution in [2.24, 2.45) is 0 Å². The van der Waals surface area contributed by atoms with Gasteiger partial charge in [0.1, 0.15) is 0 Å². The highest BCUT2D eigenvalue weighted by molar-refractivity contribution is 6.73. The highest BCUT2D eigenvalue weighted by atomic mass is 28.4. The molecule has 2 heteroatoms. The summed E-state index contributed by atoms with van der Waals surface area (Å²) in [5.41, 5.74) is 0. The number of unbranched alkanes of at least 4 members (excludes halogenated alkanes) is 5. The van der Waals surface area contributed by atoms with E-state index < -0.39 is 8.32 Å². The van der Waals surface area contributed by atoms with Gasteiger partial charge in [-0.05, 0) is 24.6 Å². The van der Waals surface area contributed by atoms with Crippen molar-refractivity contribution in [1.82, 2.24) is 0 Å². The molecule has 0 aliphatic carbocycles. The lowest BCUT2D eigenvalue weighted by Gasteiger charge is -2.34. The van der Waals surface area contributed by atoms with Gasteiger partial charge in [0.25, 0.3) is 0 Å². The minimum absolute atomic E-state index is 1.06. The molecule has 1 aliphatic heterocycles.